The van der Waals surface area contributed by atoms with Gasteiger partial charge in [-0.3, -0.25) is 9.59 Å². The molecule has 0 radical (unpaired) electrons. The largest absolute Gasteiger partial charge is 0.505 e. The van der Waals surface area contributed by atoms with Gasteiger partial charge in [0, 0.05) is 6.07 Å². The number of carbonyl (C=O) groups is 2. The van der Waals surface area contributed by atoms with Crippen LogP contribution in [-0.2, 0) is 24.1 Å². The summed E-state index contributed by atoms with van der Waals surface area (Å²) in [6.45, 7) is 1.51. The van der Waals surface area contributed by atoms with Crippen LogP contribution in [0.25, 0.3) is 0 Å². The fourth-order valence-electron chi connectivity index (χ4n) is 3.83. The molecule has 0 aliphatic heterocycles. The molecule has 0 fully saturated rings. The maximum atomic E-state index is 13.3. The lowest BCUT2D eigenvalue weighted by molar-refractivity contribution is -0.120. The molecule has 3 rings (SSSR count). The molecule has 4 N–H and O–H groups in total. The fourth-order valence-corrected chi connectivity index (χ4v) is 3.83. The number of halogens is 2. The van der Waals surface area contributed by atoms with E-state index in [2.05, 4.69) is 5.32 Å². The number of carbonyl (C=O) groups excluding carboxylic acids is 2. The fraction of sp³-hybridized carbons (Fsp3) is 0.364. The van der Waals surface area contributed by atoms with Crippen molar-refractivity contribution < 1.29 is 23.5 Å². The first-order valence-electron chi connectivity index (χ1n) is 9.68. The molecule has 0 saturated heterocycles. The Balaban J connectivity index is 1.79. The number of amides is 1. The zero-order valence-corrected chi connectivity index (χ0v) is 16.2. The number of phenols is 1. The second-order valence-electron chi connectivity index (χ2n) is 7.50. The predicted octanol–water partition coefficient (Wildman–Crippen LogP) is 3.45. The van der Waals surface area contributed by atoms with Gasteiger partial charge >= 0.3 is 0 Å². The normalized spacial score (nSPS) is 14.6. The standard InChI is InChI=1S/C22H24F2N2O3/c1-12(26-19(27)9-13-7-15(23)11-16(24)8-13)21(28)20-17-6-4-2-3-5-14(17)10-18(25)22(20)29/h7-8,10-12,29H,2-6,9,25H2,1H3,(H,26,27)/t12-/m0/s1. The Morgan fingerprint density at radius 1 is 1.10 bits per heavy atom. The van der Waals surface area contributed by atoms with Crippen LogP contribution in [0.3, 0.4) is 0 Å². The summed E-state index contributed by atoms with van der Waals surface area (Å²) in [7, 11) is 0. The molecule has 1 aliphatic rings. The van der Waals surface area contributed by atoms with E-state index in [1.165, 1.54) is 6.92 Å². The van der Waals surface area contributed by atoms with Gasteiger partial charge in [0.2, 0.25) is 5.91 Å². The number of hydrogen-bond donors (Lipinski definition) is 3. The third-order valence-electron chi connectivity index (χ3n) is 5.21. The minimum absolute atomic E-state index is 0.141. The van der Waals surface area contributed by atoms with E-state index >= 15 is 0 Å². The summed E-state index contributed by atoms with van der Waals surface area (Å²) >= 11 is 0. The molecule has 154 valence electrons. The first-order valence-corrected chi connectivity index (χ1v) is 9.68. The van der Waals surface area contributed by atoms with Gasteiger partial charge in [0.1, 0.15) is 17.4 Å². The maximum absolute atomic E-state index is 13.3. The van der Waals surface area contributed by atoms with Crippen LogP contribution in [0.15, 0.2) is 24.3 Å². The number of nitrogens with one attached hydrogen (secondary N) is 1. The summed E-state index contributed by atoms with van der Waals surface area (Å²) in [5.41, 5.74) is 8.11. The van der Waals surface area contributed by atoms with E-state index in [0.717, 1.165) is 55.0 Å². The van der Waals surface area contributed by atoms with Crippen molar-refractivity contribution in [2.45, 2.75) is 51.5 Å². The van der Waals surface area contributed by atoms with Crippen LogP contribution < -0.4 is 11.1 Å². The molecule has 0 bridgehead atoms. The molecule has 0 aromatic heterocycles. The number of phenolic OH excluding ortho intramolecular Hbond substituents is 1. The van der Waals surface area contributed by atoms with Gasteiger partial charge in [0.15, 0.2) is 5.78 Å². The van der Waals surface area contributed by atoms with Crippen molar-refractivity contribution in [1.29, 1.82) is 0 Å². The maximum Gasteiger partial charge on any atom is 0.225 e. The number of nitrogens with two attached hydrogens (primary N) is 1. The summed E-state index contributed by atoms with van der Waals surface area (Å²) in [6, 6.07) is 3.65. The van der Waals surface area contributed by atoms with Gasteiger partial charge in [-0.2, -0.15) is 0 Å². The zero-order valence-electron chi connectivity index (χ0n) is 16.2. The Hall–Kier alpha value is -2.96. The van der Waals surface area contributed by atoms with Crippen molar-refractivity contribution in [2.75, 3.05) is 5.73 Å². The molecule has 0 spiro atoms. The number of nitrogen functional groups attached to an aromatic ring is 1. The van der Waals surface area contributed by atoms with E-state index < -0.39 is 29.4 Å². The van der Waals surface area contributed by atoms with Crippen molar-refractivity contribution in [3.8, 4) is 5.75 Å². The van der Waals surface area contributed by atoms with Gasteiger partial charge < -0.3 is 16.2 Å². The van der Waals surface area contributed by atoms with Crippen LogP contribution in [0.5, 0.6) is 5.75 Å². The van der Waals surface area contributed by atoms with Crippen molar-refractivity contribution in [3.63, 3.8) is 0 Å². The van der Waals surface area contributed by atoms with E-state index in [9.17, 15) is 23.5 Å². The molecule has 5 nitrogen and oxygen atoms in total. The van der Waals surface area contributed by atoms with E-state index in [-0.39, 0.29) is 29.0 Å². The Kier molecular flexibility index (Phi) is 6.15. The lowest BCUT2D eigenvalue weighted by atomic mass is 9.90. The number of ketones is 1. The molecule has 0 heterocycles. The molecule has 1 amide bonds. The first-order chi connectivity index (χ1) is 13.8. The lowest BCUT2D eigenvalue weighted by Gasteiger charge is -2.19. The molecule has 7 heteroatoms. The minimum Gasteiger partial charge on any atom is -0.505 e. The zero-order chi connectivity index (χ0) is 21.1. The molecule has 1 atom stereocenters. The average molecular weight is 402 g/mol. The second-order valence-corrected chi connectivity index (χ2v) is 7.50. The summed E-state index contributed by atoms with van der Waals surface area (Å²) in [5, 5.41) is 13.0. The van der Waals surface area contributed by atoms with Gasteiger partial charge in [-0.15, -0.1) is 0 Å². The number of aromatic hydroxyl groups is 1. The molecule has 1 aliphatic carbocycles. The van der Waals surface area contributed by atoms with Gasteiger partial charge in [-0.1, -0.05) is 6.42 Å². The molecule has 0 saturated carbocycles. The van der Waals surface area contributed by atoms with Crippen molar-refractivity contribution in [3.05, 3.63) is 58.2 Å². The van der Waals surface area contributed by atoms with Crippen LogP contribution in [-0.4, -0.2) is 22.8 Å². The van der Waals surface area contributed by atoms with Crippen LogP contribution in [0.4, 0.5) is 14.5 Å². The molecular formula is C22H24F2N2O3. The summed E-state index contributed by atoms with van der Waals surface area (Å²) in [6.07, 6.45) is 4.09. The summed E-state index contributed by atoms with van der Waals surface area (Å²) < 4.78 is 26.6. The number of Topliss-reactive ketones (excluding diaryl/α,β-unsaturated/α-hetero) is 1. The minimum atomic E-state index is -0.930. The molecule has 2 aromatic rings. The molecular weight excluding hydrogens is 378 g/mol. The Morgan fingerprint density at radius 2 is 1.76 bits per heavy atom. The number of benzene rings is 2. The highest BCUT2D eigenvalue weighted by Gasteiger charge is 2.27. The van der Waals surface area contributed by atoms with E-state index in [0.29, 0.717) is 6.42 Å². The molecule has 0 unspecified atom stereocenters. The number of hydrogen-bond acceptors (Lipinski definition) is 4. The third kappa shape index (κ3) is 4.72. The highest BCUT2D eigenvalue weighted by atomic mass is 19.1. The van der Waals surface area contributed by atoms with Gasteiger partial charge in [0.25, 0.3) is 0 Å². The van der Waals surface area contributed by atoms with Crippen LogP contribution in [0.1, 0.15) is 53.2 Å². The van der Waals surface area contributed by atoms with Crippen molar-refractivity contribution in [1.82, 2.24) is 5.32 Å². The lowest BCUT2D eigenvalue weighted by Crippen LogP contribution is -2.39. The van der Waals surface area contributed by atoms with Gasteiger partial charge in [0.05, 0.1) is 23.7 Å². The summed E-state index contributed by atoms with van der Waals surface area (Å²) in [5.74, 6) is -2.80. The van der Waals surface area contributed by atoms with E-state index in [1.54, 1.807) is 6.07 Å². The van der Waals surface area contributed by atoms with Crippen LogP contribution in [0.2, 0.25) is 0 Å². The number of rotatable bonds is 5. The highest BCUT2D eigenvalue weighted by Crippen LogP contribution is 2.35. The van der Waals surface area contributed by atoms with Crippen molar-refractivity contribution >= 4 is 17.4 Å². The van der Waals surface area contributed by atoms with Crippen molar-refractivity contribution in [2.24, 2.45) is 0 Å². The van der Waals surface area contributed by atoms with E-state index in [4.69, 9.17) is 5.73 Å². The van der Waals surface area contributed by atoms with Gasteiger partial charge in [-0.05, 0) is 67.5 Å². The number of anilines is 1. The van der Waals surface area contributed by atoms with Crippen LogP contribution in [0, 0.1) is 11.6 Å². The number of fused-ring (bicyclic) bond motifs is 1. The second kappa shape index (κ2) is 8.59. The Bertz CT molecular complexity index is 939. The highest BCUT2D eigenvalue weighted by molar-refractivity contribution is 6.06. The van der Waals surface area contributed by atoms with Crippen LogP contribution >= 0.6 is 0 Å². The quantitative estimate of drug-likeness (QED) is 0.309. The Labute approximate surface area is 167 Å². The Morgan fingerprint density at radius 3 is 2.45 bits per heavy atom. The van der Waals surface area contributed by atoms with E-state index in [1.807, 2.05) is 0 Å². The topological polar surface area (TPSA) is 92.4 Å². The SMILES string of the molecule is C[C@H](NC(=O)Cc1cc(F)cc(F)c1)C(=O)c1c(O)c(N)cc2c1CCCCC2. The van der Waals surface area contributed by atoms with Gasteiger partial charge in [-0.25, -0.2) is 8.78 Å². The third-order valence-corrected chi connectivity index (χ3v) is 5.21. The molecule has 2 aromatic carbocycles. The first kappa shape index (κ1) is 20.8. The summed E-state index contributed by atoms with van der Waals surface area (Å²) in [4.78, 5) is 25.3. The smallest absolute Gasteiger partial charge is 0.225 e. The average Bonchev–Trinajstić information content (AvgIpc) is 2.86. The number of aryl methyl sites for hydroxylation is 1. The monoisotopic (exact) mass is 402 g/mol. The predicted molar refractivity (Wildman–Crippen MR) is 106 cm³/mol. The molecule has 29 heavy (non-hydrogen) atoms.